The fourth-order valence-electron chi connectivity index (χ4n) is 3.34. The lowest BCUT2D eigenvalue weighted by Crippen LogP contribution is -2.32. The summed E-state index contributed by atoms with van der Waals surface area (Å²) in [5, 5.41) is 5.83. The first kappa shape index (κ1) is 22.1. The summed E-state index contributed by atoms with van der Waals surface area (Å²) in [5.74, 6) is 0.127. The van der Waals surface area contributed by atoms with Crippen LogP contribution in [0.1, 0.15) is 46.9 Å². The number of anilines is 1. The molecule has 0 bridgehead atoms. The van der Waals surface area contributed by atoms with E-state index in [0.717, 1.165) is 16.7 Å². The first-order chi connectivity index (χ1) is 14.9. The van der Waals surface area contributed by atoms with Crippen LogP contribution in [0.2, 0.25) is 0 Å². The molecule has 5 nitrogen and oxygen atoms in total. The number of aryl methyl sites for hydroxylation is 2. The van der Waals surface area contributed by atoms with E-state index in [0.29, 0.717) is 17.0 Å². The Morgan fingerprint density at radius 2 is 1.42 bits per heavy atom. The SMILES string of the molecule is Cc1cccc(C)c1OC(C)C(=O)Nc1ccccc1C(=O)NC(C)c1ccccc1. The van der Waals surface area contributed by atoms with Gasteiger partial charge in [-0.05, 0) is 56.5 Å². The average Bonchev–Trinajstić information content (AvgIpc) is 2.77. The fourth-order valence-corrected chi connectivity index (χ4v) is 3.34. The summed E-state index contributed by atoms with van der Waals surface area (Å²) in [6, 6.07) is 22.4. The molecule has 0 saturated carbocycles. The number of hydrogen-bond donors (Lipinski definition) is 2. The summed E-state index contributed by atoms with van der Waals surface area (Å²) >= 11 is 0. The molecular formula is C26H28N2O3. The van der Waals surface area contributed by atoms with Crippen LogP contribution in [0.4, 0.5) is 5.69 Å². The van der Waals surface area contributed by atoms with Gasteiger partial charge in [0, 0.05) is 0 Å². The van der Waals surface area contributed by atoms with E-state index in [1.165, 1.54) is 0 Å². The molecule has 3 rings (SSSR count). The van der Waals surface area contributed by atoms with E-state index in [1.54, 1.807) is 31.2 Å². The van der Waals surface area contributed by atoms with Gasteiger partial charge in [0.15, 0.2) is 6.10 Å². The number of para-hydroxylation sites is 2. The molecule has 2 unspecified atom stereocenters. The zero-order chi connectivity index (χ0) is 22.4. The minimum Gasteiger partial charge on any atom is -0.480 e. The number of nitrogens with one attached hydrogen (secondary N) is 2. The van der Waals surface area contributed by atoms with E-state index in [1.807, 2.05) is 69.3 Å². The van der Waals surface area contributed by atoms with Crippen molar-refractivity contribution >= 4 is 17.5 Å². The summed E-state index contributed by atoms with van der Waals surface area (Å²) in [6.45, 7) is 7.51. The molecule has 31 heavy (non-hydrogen) atoms. The van der Waals surface area contributed by atoms with Gasteiger partial charge in [-0.25, -0.2) is 0 Å². The van der Waals surface area contributed by atoms with Crippen molar-refractivity contribution in [3.05, 3.63) is 95.1 Å². The molecule has 160 valence electrons. The Bertz CT molecular complexity index is 1040. The molecule has 0 aliphatic heterocycles. The molecule has 0 radical (unpaired) electrons. The van der Waals surface area contributed by atoms with E-state index in [9.17, 15) is 9.59 Å². The second-order valence-electron chi connectivity index (χ2n) is 7.62. The van der Waals surface area contributed by atoms with Gasteiger partial charge in [-0.15, -0.1) is 0 Å². The van der Waals surface area contributed by atoms with Gasteiger partial charge in [-0.1, -0.05) is 60.7 Å². The minimum absolute atomic E-state index is 0.163. The van der Waals surface area contributed by atoms with Crippen LogP contribution in [0.5, 0.6) is 5.75 Å². The first-order valence-corrected chi connectivity index (χ1v) is 10.4. The molecule has 0 aliphatic rings. The lowest BCUT2D eigenvalue weighted by molar-refractivity contribution is -0.122. The average molecular weight is 417 g/mol. The largest absolute Gasteiger partial charge is 0.480 e. The molecule has 3 aromatic carbocycles. The van der Waals surface area contributed by atoms with E-state index in [4.69, 9.17) is 4.74 Å². The van der Waals surface area contributed by atoms with Crippen molar-refractivity contribution in [1.29, 1.82) is 0 Å². The van der Waals surface area contributed by atoms with E-state index >= 15 is 0 Å². The fraction of sp³-hybridized carbons (Fsp3) is 0.231. The summed E-state index contributed by atoms with van der Waals surface area (Å²) in [5.41, 5.74) is 3.79. The number of carbonyl (C=O) groups excluding carboxylic acids is 2. The second kappa shape index (κ2) is 9.94. The molecule has 0 aromatic heterocycles. The third-order valence-electron chi connectivity index (χ3n) is 5.15. The summed E-state index contributed by atoms with van der Waals surface area (Å²) in [6.07, 6.45) is -0.723. The zero-order valence-corrected chi connectivity index (χ0v) is 18.3. The van der Waals surface area contributed by atoms with Crippen molar-refractivity contribution in [2.75, 3.05) is 5.32 Å². The maximum absolute atomic E-state index is 12.9. The van der Waals surface area contributed by atoms with E-state index in [-0.39, 0.29) is 17.9 Å². The maximum Gasteiger partial charge on any atom is 0.265 e. The topological polar surface area (TPSA) is 67.4 Å². The van der Waals surface area contributed by atoms with Crippen molar-refractivity contribution in [3.8, 4) is 5.75 Å². The Morgan fingerprint density at radius 3 is 2.10 bits per heavy atom. The Morgan fingerprint density at radius 1 is 0.806 bits per heavy atom. The van der Waals surface area contributed by atoms with Crippen LogP contribution >= 0.6 is 0 Å². The van der Waals surface area contributed by atoms with Gasteiger partial charge < -0.3 is 15.4 Å². The van der Waals surface area contributed by atoms with Gasteiger partial charge in [0.25, 0.3) is 11.8 Å². The van der Waals surface area contributed by atoms with Gasteiger partial charge in [0.2, 0.25) is 0 Å². The predicted octanol–water partition coefficient (Wildman–Crippen LogP) is 5.20. The summed E-state index contributed by atoms with van der Waals surface area (Å²) < 4.78 is 5.92. The third kappa shape index (κ3) is 5.51. The van der Waals surface area contributed by atoms with E-state index < -0.39 is 6.10 Å². The molecule has 0 saturated heterocycles. The van der Waals surface area contributed by atoms with Crippen LogP contribution in [0.25, 0.3) is 0 Å². The standard InChI is InChI=1S/C26H28N2O3/c1-17-11-10-12-18(2)24(17)31-20(4)25(29)28-23-16-9-8-15-22(23)26(30)27-19(3)21-13-6-5-7-14-21/h5-16,19-20H,1-4H3,(H,27,30)(H,28,29). The lowest BCUT2D eigenvalue weighted by atomic mass is 10.1. The lowest BCUT2D eigenvalue weighted by Gasteiger charge is -2.19. The van der Waals surface area contributed by atoms with Gasteiger partial charge in [0.05, 0.1) is 17.3 Å². The Kier molecular flexibility index (Phi) is 7.08. The van der Waals surface area contributed by atoms with Crippen molar-refractivity contribution in [3.63, 3.8) is 0 Å². The minimum atomic E-state index is -0.723. The van der Waals surface area contributed by atoms with Crippen LogP contribution in [0.3, 0.4) is 0 Å². The molecular weight excluding hydrogens is 388 g/mol. The van der Waals surface area contributed by atoms with Crippen molar-refractivity contribution in [2.24, 2.45) is 0 Å². The molecule has 3 aromatic rings. The number of ether oxygens (including phenoxy) is 1. The number of amides is 2. The van der Waals surface area contributed by atoms with E-state index in [2.05, 4.69) is 10.6 Å². The maximum atomic E-state index is 12.9. The number of benzene rings is 3. The van der Waals surface area contributed by atoms with Crippen molar-refractivity contribution < 1.29 is 14.3 Å². The molecule has 0 heterocycles. The highest BCUT2D eigenvalue weighted by atomic mass is 16.5. The molecule has 2 N–H and O–H groups in total. The van der Waals surface area contributed by atoms with Crippen LogP contribution in [-0.2, 0) is 4.79 Å². The van der Waals surface area contributed by atoms with Gasteiger partial charge in [-0.2, -0.15) is 0 Å². The highest BCUT2D eigenvalue weighted by Crippen LogP contribution is 2.24. The molecule has 0 fully saturated rings. The summed E-state index contributed by atoms with van der Waals surface area (Å²) in [7, 11) is 0. The van der Waals surface area contributed by atoms with Crippen LogP contribution in [-0.4, -0.2) is 17.9 Å². The summed E-state index contributed by atoms with van der Waals surface area (Å²) in [4.78, 5) is 25.7. The number of rotatable bonds is 7. The Labute approximate surface area is 183 Å². The number of carbonyl (C=O) groups is 2. The zero-order valence-electron chi connectivity index (χ0n) is 18.3. The highest BCUT2D eigenvalue weighted by Gasteiger charge is 2.20. The molecule has 0 spiro atoms. The Balaban J connectivity index is 1.71. The van der Waals surface area contributed by atoms with Crippen molar-refractivity contribution in [2.45, 2.75) is 39.8 Å². The van der Waals surface area contributed by atoms with Crippen LogP contribution in [0.15, 0.2) is 72.8 Å². The van der Waals surface area contributed by atoms with Crippen molar-refractivity contribution in [1.82, 2.24) is 5.32 Å². The second-order valence-corrected chi connectivity index (χ2v) is 7.62. The molecule has 0 aliphatic carbocycles. The predicted molar refractivity (Wildman–Crippen MR) is 123 cm³/mol. The molecule has 5 heteroatoms. The molecule has 2 atom stereocenters. The highest BCUT2D eigenvalue weighted by molar-refractivity contribution is 6.04. The van der Waals surface area contributed by atoms with Gasteiger partial charge in [-0.3, -0.25) is 9.59 Å². The monoisotopic (exact) mass is 416 g/mol. The molecule has 2 amide bonds. The third-order valence-corrected chi connectivity index (χ3v) is 5.15. The van der Waals surface area contributed by atoms with Gasteiger partial charge in [0.1, 0.15) is 5.75 Å². The van der Waals surface area contributed by atoms with Crippen LogP contribution in [0, 0.1) is 13.8 Å². The number of hydrogen-bond acceptors (Lipinski definition) is 3. The van der Waals surface area contributed by atoms with Crippen LogP contribution < -0.4 is 15.4 Å². The van der Waals surface area contributed by atoms with Gasteiger partial charge >= 0.3 is 0 Å². The Hall–Kier alpha value is -3.60. The quantitative estimate of drug-likeness (QED) is 0.556. The first-order valence-electron chi connectivity index (χ1n) is 10.4. The normalized spacial score (nSPS) is 12.5. The smallest absolute Gasteiger partial charge is 0.265 e.